The summed E-state index contributed by atoms with van der Waals surface area (Å²) in [5, 5.41) is 8.69. The largest absolute Gasteiger partial charge is 0.506 e. The predicted octanol–water partition coefficient (Wildman–Crippen LogP) is 2.84. The summed E-state index contributed by atoms with van der Waals surface area (Å²) in [7, 11) is 0. The Hall–Kier alpha value is -1.97. The molecule has 0 aliphatic carbocycles. The standard InChI is InChI=1S/C14H22N2O5/c17-11-15-9-5-1-3-7-13(21-14(19)20)8-4-2-6-10-16-12-18/h13H,1-10H2,(H,19,20). The van der Waals surface area contributed by atoms with E-state index in [1.54, 1.807) is 0 Å². The molecule has 21 heavy (non-hydrogen) atoms. The van der Waals surface area contributed by atoms with Crippen LogP contribution in [0.3, 0.4) is 0 Å². The number of isocyanates is 2. The van der Waals surface area contributed by atoms with Gasteiger partial charge in [0.05, 0.1) is 13.1 Å². The van der Waals surface area contributed by atoms with E-state index in [1.165, 1.54) is 12.2 Å². The number of hydrogen-bond acceptors (Lipinski definition) is 6. The lowest BCUT2D eigenvalue weighted by atomic mass is 10.0. The second-order valence-corrected chi connectivity index (χ2v) is 4.65. The molecule has 0 saturated heterocycles. The molecule has 7 heteroatoms. The fraction of sp³-hybridized carbons (Fsp3) is 0.786. The molecule has 0 aromatic rings. The second kappa shape index (κ2) is 14.4. The first kappa shape index (κ1) is 19.0. The molecule has 0 fully saturated rings. The van der Waals surface area contributed by atoms with Gasteiger partial charge in [-0.05, 0) is 38.5 Å². The third-order valence-electron chi connectivity index (χ3n) is 2.99. The quantitative estimate of drug-likeness (QED) is 0.243. The molecule has 0 spiro atoms. The van der Waals surface area contributed by atoms with Gasteiger partial charge in [0.2, 0.25) is 12.2 Å². The molecule has 0 atom stereocenters. The molecule has 7 nitrogen and oxygen atoms in total. The minimum atomic E-state index is -1.25. The Morgan fingerprint density at radius 3 is 1.76 bits per heavy atom. The molecule has 0 unspecified atom stereocenters. The van der Waals surface area contributed by atoms with Gasteiger partial charge in [-0.25, -0.2) is 24.4 Å². The summed E-state index contributed by atoms with van der Waals surface area (Å²) in [6.07, 6.45) is 7.75. The minimum Gasteiger partial charge on any atom is -0.450 e. The molecule has 118 valence electrons. The number of hydrogen-bond donors (Lipinski definition) is 1. The Kier molecular flexibility index (Phi) is 13.1. The normalized spacial score (nSPS) is 11.0. The zero-order chi connectivity index (χ0) is 15.8. The molecule has 0 aliphatic heterocycles. The van der Waals surface area contributed by atoms with Gasteiger partial charge < -0.3 is 9.84 Å². The lowest BCUT2D eigenvalue weighted by molar-refractivity contribution is 0.0423. The Bertz CT molecular complexity index is 346. The highest BCUT2D eigenvalue weighted by molar-refractivity contribution is 5.57. The summed E-state index contributed by atoms with van der Waals surface area (Å²) < 4.78 is 4.85. The van der Waals surface area contributed by atoms with E-state index in [9.17, 15) is 14.4 Å². The lowest BCUT2D eigenvalue weighted by Crippen LogP contribution is -2.17. The van der Waals surface area contributed by atoms with Crippen molar-refractivity contribution < 1.29 is 24.2 Å². The van der Waals surface area contributed by atoms with E-state index in [0.29, 0.717) is 25.9 Å². The Balaban J connectivity index is 3.78. The fourth-order valence-electron chi connectivity index (χ4n) is 1.98. The average molecular weight is 298 g/mol. The SMILES string of the molecule is O=C=NCCCCCC(CCCCCN=C=O)OC(=O)O. The Morgan fingerprint density at radius 2 is 1.38 bits per heavy atom. The highest BCUT2D eigenvalue weighted by Crippen LogP contribution is 2.14. The van der Waals surface area contributed by atoms with Gasteiger partial charge in [-0.15, -0.1) is 0 Å². The zero-order valence-corrected chi connectivity index (χ0v) is 12.1. The van der Waals surface area contributed by atoms with Gasteiger partial charge in [-0.2, -0.15) is 0 Å². The number of carboxylic acid groups (broad SMARTS) is 1. The fourth-order valence-corrected chi connectivity index (χ4v) is 1.98. The van der Waals surface area contributed by atoms with Crippen molar-refractivity contribution in [3.05, 3.63) is 0 Å². The van der Waals surface area contributed by atoms with Gasteiger partial charge in [0, 0.05) is 0 Å². The molecule has 0 radical (unpaired) electrons. The van der Waals surface area contributed by atoms with Gasteiger partial charge in [0.25, 0.3) is 0 Å². The maximum Gasteiger partial charge on any atom is 0.506 e. The third-order valence-corrected chi connectivity index (χ3v) is 2.99. The van der Waals surface area contributed by atoms with Crippen LogP contribution in [0.5, 0.6) is 0 Å². The minimum absolute atomic E-state index is 0.299. The van der Waals surface area contributed by atoms with E-state index in [2.05, 4.69) is 9.98 Å². The van der Waals surface area contributed by atoms with Crippen LogP contribution in [-0.2, 0) is 14.3 Å². The summed E-state index contributed by atoms with van der Waals surface area (Å²) in [4.78, 5) is 37.3. The molecule has 0 rings (SSSR count). The molecule has 0 aliphatic rings. The molecule has 0 aromatic heterocycles. The number of nitrogens with zero attached hydrogens (tertiary/aromatic N) is 2. The number of unbranched alkanes of at least 4 members (excludes halogenated alkanes) is 4. The highest BCUT2D eigenvalue weighted by atomic mass is 16.7. The molecule has 0 heterocycles. The number of ether oxygens (including phenoxy) is 1. The summed E-state index contributed by atoms with van der Waals surface area (Å²) in [5.41, 5.74) is 0. The van der Waals surface area contributed by atoms with Crippen molar-refractivity contribution in [2.24, 2.45) is 9.98 Å². The van der Waals surface area contributed by atoms with Crippen molar-refractivity contribution in [3.63, 3.8) is 0 Å². The van der Waals surface area contributed by atoms with Crippen molar-refractivity contribution in [2.45, 2.75) is 57.5 Å². The zero-order valence-electron chi connectivity index (χ0n) is 12.1. The number of rotatable bonds is 13. The van der Waals surface area contributed by atoms with E-state index < -0.39 is 6.16 Å². The predicted molar refractivity (Wildman–Crippen MR) is 75.8 cm³/mol. The van der Waals surface area contributed by atoms with Crippen LogP contribution in [-0.4, -0.2) is 42.6 Å². The maximum absolute atomic E-state index is 10.6. The van der Waals surface area contributed by atoms with E-state index in [-0.39, 0.29) is 6.10 Å². The first-order valence-electron chi connectivity index (χ1n) is 7.17. The monoisotopic (exact) mass is 298 g/mol. The smallest absolute Gasteiger partial charge is 0.450 e. The van der Waals surface area contributed by atoms with Crippen molar-refractivity contribution in [2.75, 3.05) is 13.1 Å². The summed E-state index contributed by atoms with van der Waals surface area (Å²) >= 11 is 0. The van der Waals surface area contributed by atoms with Crippen LogP contribution in [0.25, 0.3) is 0 Å². The van der Waals surface area contributed by atoms with Crippen molar-refractivity contribution in [3.8, 4) is 0 Å². The van der Waals surface area contributed by atoms with Crippen LogP contribution < -0.4 is 0 Å². The van der Waals surface area contributed by atoms with Gasteiger partial charge in [0.15, 0.2) is 0 Å². The van der Waals surface area contributed by atoms with E-state index >= 15 is 0 Å². The van der Waals surface area contributed by atoms with Crippen LogP contribution in [0.1, 0.15) is 51.4 Å². The van der Waals surface area contributed by atoms with Gasteiger partial charge in [-0.3, -0.25) is 0 Å². The summed E-state index contributed by atoms with van der Waals surface area (Å²) in [6.45, 7) is 0.927. The molecule has 0 saturated carbocycles. The lowest BCUT2D eigenvalue weighted by Gasteiger charge is -2.15. The van der Waals surface area contributed by atoms with Crippen LogP contribution in [0.2, 0.25) is 0 Å². The van der Waals surface area contributed by atoms with Gasteiger partial charge >= 0.3 is 6.16 Å². The van der Waals surface area contributed by atoms with Crippen molar-refractivity contribution in [1.29, 1.82) is 0 Å². The summed E-state index contributed by atoms with van der Waals surface area (Å²) in [5.74, 6) is 0. The molecule has 1 N–H and O–H groups in total. The molecule has 0 amide bonds. The highest BCUT2D eigenvalue weighted by Gasteiger charge is 2.12. The van der Waals surface area contributed by atoms with E-state index in [4.69, 9.17) is 9.84 Å². The molecule has 0 bridgehead atoms. The first-order chi connectivity index (χ1) is 10.2. The second-order valence-electron chi connectivity index (χ2n) is 4.65. The van der Waals surface area contributed by atoms with E-state index in [0.717, 1.165) is 38.5 Å². The average Bonchev–Trinajstić information content (AvgIpc) is 2.45. The van der Waals surface area contributed by atoms with Crippen molar-refractivity contribution >= 4 is 18.3 Å². The molecular weight excluding hydrogens is 276 g/mol. The molecule has 0 aromatic carbocycles. The van der Waals surface area contributed by atoms with Gasteiger partial charge in [-0.1, -0.05) is 12.8 Å². The number of carbonyl (C=O) groups is 1. The molecular formula is C14H22N2O5. The van der Waals surface area contributed by atoms with Crippen LogP contribution >= 0.6 is 0 Å². The Labute approximate surface area is 124 Å². The van der Waals surface area contributed by atoms with Crippen LogP contribution in [0, 0.1) is 0 Å². The maximum atomic E-state index is 10.6. The number of aliphatic imine (C=N–C) groups is 2. The van der Waals surface area contributed by atoms with Gasteiger partial charge in [0.1, 0.15) is 6.10 Å². The summed E-state index contributed by atoms with van der Waals surface area (Å²) in [6, 6.07) is 0. The van der Waals surface area contributed by atoms with E-state index in [1.807, 2.05) is 0 Å². The first-order valence-corrected chi connectivity index (χ1v) is 7.17. The third kappa shape index (κ3) is 14.3. The van der Waals surface area contributed by atoms with Crippen LogP contribution in [0.4, 0.5) is 4.79 Å². The van der Waals surface area contributed by atoms with Crippen molar-refractivity contribution in [1.82, 2.24) is 0 Å². The Morgan fingerprint density at radius 1 is 0.905 bits per heavy atom. The topological polar surface area (TPSA) is 105 Å². The number of carbonyl (C=O) groups excluding carboxylic acids is 2. The van der Waals surface area contributed by atoms with Crippen LogP contribution in [0.15, 0.2) is 9.98 Å².